The Morgan fingerprint density at radius 1 is 1.38 bits per heavy atom. The van der Waals surface area contributed by atoms with Gasteiger partial charge in [-0.2, -0.15) is 5.10 Å². The third-order valence-electron chi connectivity index (χ3n) is 3.60. The van der Waals surface area contributed by atoms with Crippen LogP contribution in [0.4, 0.5) is 4.39 Å². The molecule has 1 aromatic heterocycles. The van der Waals surface area contributed by atoms with Crippen molar-refractivity contribution in [3.8, 4) is 11.5 Å². The van der Waals surface area contributed by atoms with Crippen molar-refractivity contribution in [1.82, 2.24) is 15.1 Å². The second kappa shape index (κ2) is 6.26. The second-order valence-electron chi connectivity index (χ2n) is 5.19. The van der Waals surface area contributed by atoms with Crippen LogP contribution in [0.3, 0.4) is 0 Å². The van der Waals surface area contributed by atoms with Crippen molar-refractivity contribution in [3.05, 3.63) is 41.0 Å². The summed E-state index contributed by atoms with van der Waals surface area (Å²) in [5.74, 6) is 1.12. The predicted octanol–water partition coefficient (Wildman–Crippen LogP) is 3.64. The van der Waals surface area contributed by atoms with Gasteiger partial charge in [-0.1, -0.05) is 6.92 Å². The quantitative estimate of drug-likeness (QED) is 0.914. The lowest BCUT2D eigenvalue weighted by molar-refractivity contribution is 0.453. The lowest BCUT2D eigenvalue weighted by atomic mass is 10.1. The molecule has 1 atom stereocenters. The van der Waals surface area contributed by atoms with E-state index in [1.54, 1.807) is 10.7 Å². The van der Waals surface area contributed by atoms with Crippen LogP contribution < -0.4 is 10.1 Å². The largest absolute Gasteiger partial charge is 0.453 e. The lowest BCUT2D eigenvalue weighted by Gasteiger charge is -2.17. The Hall–Kier alpha value is -1.88. The summed E-state index contributed by atoms with van der Waals surface area (Å²) in [6, 6.07) is 4.62. The molecule has 2 rings (SSSR count). The van der Waals surface area contributed by atoms with Crippen LogP contribution in [0.2, 0.25) is 0 Å². The zero-order valence-electron chi connectivity index (χ0n) is 13.2. The lowest BCUT2D eigenvalue weighted by Crippen LogP contribution is -2.18. The number of nitrogens with one attached hydrogen (secondary N) is 1. The zero-order chi connectivity index (χ0) is 15.6. The summed E-state index contributed by atoms with van der Waals surface area (Å²) >= 11 is 0. The number of hydrogen-bond acceptors (Lipinski definition) is 3. The van der Waals surface area contributed by atoms with Gasteiger partial charge in [-0.15, -0.1) is 0 Å². The van der Waals surface area contributed by atoms with Crippen LogP contribution in [0.1, 0.15) is 36.8 Å². The van der Waals surface area contributed by atoms with E-state index in [0.29, 0.717) is 5.75 Å². The smallest absolute Gasteiger partial charge is 0.171 e. The van der Waals surface area contributed by atoms with E-state index >= 15 is 0 Å². The molecule has 1 heterocycles. The van der Waals surface area contributed by atoms with Crippen LogP contribution in [0.25, 0.3) is 0 Å². The van der Waals surface area contributed by atoms with Crippen LogP contribution in [0.15, 0.2) is 18.2 Å². The van der Waals surface area contributed by atoms with Crippen LogP contribution in [-0.4, -0.2) is 16.3 Å². The first kappa shape index (κ1) is 15.5. The fourth-order valence-corrected chi connectivity index (χ4v) is 2.38. The Morgan fingerprint density at radius 2 is 2.10 bits per heavy atom. The number of rotatable bonds is 5. The van der Waals surface area contributed by atoms with Crippen molar-refractivity contribution in [2.75, 3.05) is 6.54 Å². The molecule has 0 fully saturated rings. The highest BCUT2D eigenvalue weighted by Crippen LogP contribution is 2.33. The molecule has 0 saturated heterocycles. The topological polar surface area (TPSA) is 39.1 Å². The summed E-state index contributed by atoms with van der Waals surface area (Å²) in [4.78, 5) is 0. The number of aromatic nitrogens is 2. The van der Waals surface area contributed by atoms with Gasteiger partial charge in [0.05, 0.1) is 5.69 Å². The van der Waals surface area contributed by atoms with Gasteiger partial charge in [-0.05, 0) is 45.5 Å². The van der Waals surface area contributed by atoms with Crippen molar-refractivity contribution >= 4 is 0 Å². The molecule has 0 spiro atoms. The van der Waals surface area contributed by atoms with Crippen molar-refractivity contribution in [1.29, 1.82) is 0 Å². The Morgan fingerprint density at radius 3 is 2.67 bits per heavy atom. The van der Waals surface area contributed by atoms with E-state index in [1.807, 2.05) is 34.7 Å². The highest BCUT2D eigenvalue weighted by molar-refractivity contribution is 5.42. The maximum absolute atomic E-state index is 13.5. The fourth-order valence-electron chi connectivity index (χ4n) is 2.38. The van der Waals surface area contributed by atoms with Gasteiger partial charge >= 0.3 is 0 Å². The first-order valence-electron chi connectivity index (χ1n) is 7.15. The molecule has 0 aliphatic rings. The molecule has 0 aliphatic heterocycles. The maximum Gasteiger partial charge on any atom is 0.171 e. The number of hydrogen-bond donors (Lipinski definition) is 1. The molecule has 5 heteroatoms. The molecule has 21 heavy (non-hydrogen) atoms. The van der Waals surface area contributed by atoms with Gasteiger partial charge in [-0.3, -0.25) is 4.68 Å². The average Bonchev–Trinajstić information content (AvgIpc) is 2.67. The van der Waals surface area contributed by atoms with Gasteiger partial charge in [0.15, 0.2) is 5.75 Å². The molecule has 0 aliphatic carbocycles. The number of ether oxygens (including phenoxy) is 1. The van der Waals surface area contributed by atoms with Gasteiger partial charge in [0.2, 0.25) is 0 Å². The molecule has 114 valence electrons. The van der Waals surface area contributed by atoms with E-state index in [4.69, 9.17) is 4.74 Å². The summed E-state index contributed by atoms with van der Waals surface area (Å²) in [6.07, 6.45) is 0. The van der Waals surface area contributed by atoms with Gasteiger partial charge in [-0.25, -0.2) is 4.39 Å². The van der Waals surface area contributed by atoms with Crippen LogP contribution in [-0.2, 0) is 7.05 Å². The van der Waals surface area contributed by atoms with Crippen LogP contribution >= 0.6 is 0 Å². The first-order valence-corrected chi connectivity index (χ1v) is 7.15. The molecule has 1 aromatic carbocycles. The third-order valence-corrected chi connectivity index (χ3v) is 3.60. The second-order valence-corrected chi connectivity index (χ2v) is 5.19. The normalized spacial score (nSPS) is 12.5. The minimum absolute atomic E-state index is 0.0120. The molecular weight excluding hydrogens is 269 g/mol. The van der Waals surface area contributed by atoms with E-state index in [2.05, 4.69) is 10.4 Å². The van der Waals surface area contributed by atoms with E-state index in [-0.39, 0.29) is 11.9 Å². The molecule has 0 amide bonds. The molecular formula is C16H22FN3O. The van der Waals surface area contributed by atoms with Crippen molar-refractivity contribution in [3.63, 3.8) is 0 Å². The minimum atomic E-state index is -0.262. The maximum atomic E-state index is 13.5. The Bertz CT molecular complexity index is 637. The fraction of sp³-hybridized carbons (Fsp3) is 0.438. The molecule has 1 unspecified atom stereocenters. The average molecular weight is 291 g/mol. The highest BCUT2D eigenvalue weighted by Gasteiger charge is 2.17. The number of halogens is 1. The van der Waals surface area contributed by atoms with Gasteiger partial charge in [0.1, 0.15) is 17.3 Å². The highest BCUT2D eigenvalue weighted by atomic mass is 19.1. The monoisotopic (exact) mass is 291 g/mol. The Kier molecular flexibility index (Phi) is 4.63. The predicted molar refractivity (Wildman–Crippen MR) is 81.2 cm³/mol. The van der Waals surface area contributed by atoms with E-state index in [1.165, 1.54) is 12.1 Å². The number of nitrogens with zero attached hydrogens (tertiary/aromatic N) is 2. The molecule has 0 saturated carbocycles. The summed E-state index contributed by atoms with van der Waals surface area (Å²) in [6.45, 7) is 8.67. The van der Waals surface area contributed by atoms with E-state index in [0.717, 1.165) is 29.2 Å². The number of benzene rings is 1. The van der Waals surface area contributed by atoms with Crippen molar-refractivity contribution < 1.29 is 9.13 Å². The standard InChI is InChI=1S/C16H22FN3O/c1-6-18-10(2)14-9-13(17)7-8-15(14)21-16-11(3)19-20(5)12(16)4/h7-10,18H,6H2,1-5H3. The molecule has 2 aromatic rings. The van der Waals surface area contributed by atoms with E-state index in [9.17, 15) is 4.39 Å². The summed E-state index contributed by atoms with van der Waals surface area (Å²) in [7, 11) is 1.88. The zero-order valence-corrected chi connectivity index (χ0v) is 13.2. The Labute approximate surface area is 124 Å². The molecule has 1 N–H and O–H groups in total. The van der Waals surface area contributed by atoms with Crippen LogP contribution in [0, 0.1) is 19.7 Å². The van der Waals surface area contributed by atoms with E-state index < -0.39 is 0 Å². The Balaban J connectivity index is 2.39. The molecule has 0 bridgehead atoms. The molecule has 0 radical (unpaired) electrons. The van der Waals surface area contributed by atoms with Gasteiger partial charge in [0.25, 0.3) is 0 Å². The summed E-state index contributed by atoms with van der Waals surface area (Å²) in [5.41, 5.74) is 2.57. The summed E-state index contributed by atoms with van der Waals surface area (Å²) in [5, 5.41) is 7.62. The third kappa shape index (κ3) is 3.24. The van der Waals surface area contributed by atoms with Crippen molar-refractivity contribution in [2.45, 2.75) is 33.7 Å². The molecule has 4 nitrogen and oxygen atoms in total. The van der Waals surface area contributed by atoms with Crippen LogP contribution in [0.5, 0.6) is 11.5 Å². The number of aryl methyl sites for hydroxylation is 2. The SMILES string of the molecule is CCNC(C)c1cc(F)ccc1Oc1c(C)nn(C)c1C. The van der Waals surface area contributed by atoms with Gasteiger partial charge < -0.3 is 10.1 Å². The van der Waals surface area contributed by atoms with Gasteiger partial charge in [0, 0.05) is 18.7 Å². The first-order chi connectivity index (χ1) is 9.93. The minimum Gasteiger partial charge on any atom is -0.453 e. The summed E-state index contributed by atoms with van der Waals surface area (Å²) < 4.78 is 21.4. The van der Waals surface area contributed by atoms with Crippen molar-refractivity contribution in [2.24, 2.45) is 7.05 Å².